The highest BCUT2D eigenvalue weighted by molar-refractivity contribution is 7.47. The number of phosphoric ester groups is 1. The quantitative estimate of drug-likeness (QED) is 0.0269. The lowest BCUT2D eigenvalue weighted by Crippen LogP contribution is -2.28. The van der Waals surface area contributed by atoms with E-state index in [1.165, 1.54) is 70.6 Å². The van der Waals surface area contributed by atoms with Crippen LogP contribution in [-0.4, -0.2) is 49.9 Å². The summed E-state index contributed by atoms with van der Waals surface area (Å²) >= 11 is 0. The van der Waals surface area contributed by atoms with E-state index in [4.69, 9.17) is 24.3 Å². The molecule has 0 spiro atoms. The molecule has 3 N–H and O–H groups in total. The Morgan fingerprint density at radius 1 is 0.500 bits per heavy atom. The maximum atomic E-state index is 12.6. The van der Waals surface area contributed by atoms with E-state index < -0.39 is 13.9 Å². The van der Waals surface area contributed by atoms with Crippen molar-refractivity contribution in [3.63, 3.8) is 0 Å². The normalized spacial score (nSPS) is 14.3. The Labute approximate surface area is 380 Å². The van der Waals surface area contributed by atoms with Gasteiger partial charge in [0.25, 0.3) is 0 Å². The standard InChI is InChI=1S/C53H90NO7P/c1-3-5-7-9-11-13-15-17-19-21-23-25-26-27-28-30-32-34-36-38-40-42-44-46-53(55)61-52(51-60-62(56,57)59-49-47-54)50-58-48-45-43-41-39-37-35-33-31-29-24-22-20-18-16-14-12-10-8-6-4-2/h6,8,12,14-15,17-18,20-21,23-24,26-27,29,33,35,39,41,52H,3-5,7,9-11,13,16,19,22,25,28,30-32,34,36-38,40,42-51,54H2,1-2H3,(H,56,57)/b8-6-,14-12-,17-15-,20-18-,23-21-,27-26-,29-24-,35-33-,41-39-. The second-order valence-corrected chi connectivity index (χ2v) is 17.0. The lowest BCUT2D eigenvalue weighted by atomic mass is 10.1. The second kappa shape index (κ2) is 49.2. The third-order valence-electron chi connectivity index (χ3n) is 9.67. The predicted molar refractivity (Wildman–Crippen MR) is 265 cm³/mol. The Bertz CT molecular complexity index is 1310. The Hall–Kier alpha value is -2.84. The minimum absolute atomic E-state index is 0.0659. The van der Waals surface area contributed by atoms with Crippen molar-refractivity contribution in [1.82, 2.24) is 0 Å². The molecule has 0 aliphatic rings. The SMILES string of the molecule is CC/C=C\C/C=C\C/C=C\C/C=C\C/C=C\C/C=C\CCCOCC(COP(=O)(O)OCCN)OC(=O)CCCCCCCCCC/C=C\C/C=C\C/C=C\CCCCCCC. The van der Waals surface area contributed by atoms with Crippen LogP contribution in [0.3, 0.4) is 0 Å². The molecule has 0 aliphatic heterocycles. The van der Waals surface area contributed by atoms with E-state index >= 15 is 0 Å². The number of nitrogens with two attached hydrogens (primary N) is 1. The molecular weight excluding hydrogens is 794 g/mol. The smallest absolute Gasteiger partial charge is 0.457 e. The first-order valence-corrected chi connectivity index (χ1v) is 25.9. The first-order chi connectivity index (χ1) is 30.4. The zero-order valence-corrected chi connectivity index (χ0v) is 40.2. The van der Waals surface area contributed by atoms with E-state index in [-0.39, 0.29) is 38.8 Å². The minimum atomic E-state index is -4.31. The van der Waals surface area contributed by atoms with Crippen LogP contribution in [-0.2, 0) is 27.9 Å². The van der Waals surface area contributed by atoms with Crippen LogP contribution >= 0.6 is 7.82 Å². The van der Waals surface area contributed by atoms with Crippen molar-refractivity contribution in [2.75, 3.05) is 33.0 Å². The van der Waals surface area contributed by atoms with E-state index in [1.807, 2.05) is 0 Å². The number of rotatable bonds is 45. The van der Waals surface area contributed by atoms with Gasteiger partial charge in [-0.05, 0) is 96.3 Å². The monoisotopic (exact) mass is 884 g/mol. The summed E-state index contributed by atoms with van der Waals surface area (Å²) in [5, 5.41) is 0. The molecule has 0 aromatic heterocycles. The van der Waals surface area contributed by atoms with Crippen molar-refractivity contribution in [2.45, 2.75) is 187 Å². The van der Waals surface area contributed by atoms with E-state index in [2.05, 4.69) is 123 Å². The summed E-state index contributed by atoms with van der Waals surface area (Å²) in [6.45, 7) is 4.60. The molecule has 62 heavy (non-hydrogen) atoms. The lowest BCUT2D eigenvalue weighted by molar-refractivity contribution is -0.154. The number of esters is 1. The molecule has 0 amide bonds. The molecule has 0 aromatic rings. The Balaban J connectivity index is 4.12. The summed E-state index contributed by atoms with van der Waals surface area (Å²) in [5.41, 5.74) is 5.38. The Kier molecular flexibility index (Phi) is 46.9. The molecule has 0 saturated heterocycles. The van der Waals surface area contributed by atoms with Crippen LogP contribution in [0.4, 0.5) is 0 Å². The van der Waals surface area contributed by atoms with E-state index in [0.717, 1.165) is 89.9 Å². The van der Waals surface area contributed by atoms with Crippen molar-refractivity contribution in [3.05, 3.63) is 109 Å². The molecular formula is C53H90NO7P. The maximum absolute atomic E-state index is 12.6. The molecule has 2 atom stereocenters. The maximum Gasteiger partial charge on any atom is 0.472 e. The fraction of sp³-hybridized carbons (Fsp3) is 0.642. The first-order valence-electron chi connectivity index (χ1n) is 24.4. The number of ether oxygens (including phenoxy) is 2. The van der Waals surface area contributed by atoms with Crippen LogP contribution in [0, 0.1) is 0 Å². The lowest BCUT2D eigenvalue weighted by Gasteiger charge is -2.20. The third kappa shape index (κ3) is 48.2. The van der Waals surface area contributed by atoms with Crippen LogP contribution in [0.2, 0.25) is 0 Å². The number of unbranched alkanes of at least 4 members (excludes halogenated alkanes) is 14. The van der Waals surface area contributed by atoms with Crippen LogP contribution < -0.4 is 5.73 Å². The van der Waals surface area contributed by atoms with E-state index in [9.17, 15) is 14.3 Å². The van der Waals surface area contributed by atoms with Gasteiger partial charge in [0, 0.05) is 19.6 Å². The number of allylic oxidation sites excluding steroid dienone is 18. The van der Waals surface area contributed by atoms with Crippen molar-refractivity contribution < 1.29 is 32.8 Å². The van der Waals surface area contributed by atoms with Gasteiger partial charge in [-0.3, -0.25) is 13.8 Å². The molecule has 0 fully saturated rings. The highest BCUT2D eigenvalue weighted by Gasteiger charge is 2.25. The van der Waals surface area contributed by atoms with Gasteiger partial charge in [-0.15, -0.1) is 0 Å². The van der Waals surface area contributed by atoms with Crippen LogP contribution in [0.15, 0.2) is 109 Å². The van der Waals surface area contributed by atoms with Crippen molar-refractivity contribution in [1.29, 1.82) is 0 Å². The van der Waals surface area contributed by atoms with E-state index in [0.29, 0.717) is 6.61 Å². The number of carbonyl (C=O) groups excluding carboxylic acids is 1. The number of carbonyl (C=O) groups is 1. The summed E-state index contributed by atoms with van der Waals surface area (Å²) in [7, 11) is -4.31. The molecule has 0 heterocycles. The van der Waals surface area contributed by atoms with Gasteiger partial charge in [-0.2, -0.15) is 0 Å². The highest BCUT2D eigenvalue weighted by Crippen LogP contribution is 2.43. The molecule has 354 valence electrons. The molecule has 0 aliphatic carbocycles. The summed E-state index contributed by atoms with van der Waals surface area (Å²) < 4.78 is 33.4. The molecule has 0 aromatic carbocycles. The fourth-order valence-corrected chi connectivity index (χ4v) is 6.90. The molecule has 9 heteroatoms. The topological polar surface area (TPSA) is 117 Å². The van der Waals surface area contributed by atoms with E-state index in [1.54, 1.807) is 0 Å². The molecule has 2 unspecified atom stereocenters. The zero-order valence-electron chi connectivity index (χ0n) is 39.3. The van der Waals surface area contributed by atoms with Gasteiger partial charge < -0.3 is 20.1 Å². The number of hydrogen-bond acceptors (Lipinski definition) is 7. The van der Waals surface area contributed by atoms with Gasteiger partial charge in [0.2, 0.25) is 0 Å². The summed E-state index contributed by atoms with van der Waals surface area (Å²) in [4.78, 5) is 22.6. The molecule has 0 bridgehead atoms. The van der Waals surface area contributed by atoms with Gasteiger partial charge in [-0.25, -0.2) is 4.57 Å². The van der Waals surface area contributed by atoms with Crippen molar-refractivity contribution in [2.24, 2.45) is 5.73 Å². The first kappa shape index (κ1) is 59.2. The number of phosphoric acid groups is 1. The van der Waals surface area contributed by atoms with Gasteiger partial charge in [0.05, 0.1) is 19.8 Å². The summed E-state index contributed by atoms with van der Waals surface area (Å²) in [6.07, 6.45) is 67.0. The molecule has 0 rings (SSSR count). The van der Waals surface area contributed by atoms with Gasteiger partial charge in [0.1, 0.15) is 6.10 Å². The van der Waals surface area contributed by atoms with Crippen LogP contribution in [0.25, 0.3) is 0 Å². The summed E-state index contributed by atoms with van der Waals surface area (Å²) in [6, 6.07) is 0. The largest absolute Gasteiger partial charge is 0.472 e. The van der Waals surface area contributed by atoms with Crippen molar-refractivity contribution in [3.8, 4) is 0 Å². The zero-order chi connectivity index (χ0) is 45.1. The predicted octanol–water partition coefficient (Wildman–Crippen LogP) is 15.2. The summed E-state index contributed by atoms with van der Waals surface area (Å²) in [5.74, 6) is -0.361. The fourth-order valence-electron chi connectivity index (χ4n) is 6.14. The average molecular weight is 884 g/mol. The molecule has 0 saturated carbocycles. The van der Waals surface area contributed by atoms with Gasteiger partial charge in [0.15, 0.2) is 0 Å². The Morgan fingerprint density at radius 3 is 1.35 bits per heavy atom. The molecule has 0 radical (unpaired) electrons. The average Bonchev–Trinajstić information content (AvgIpc) is 3.26. The van der Waals surface area contributed by atoms with Crippen molar-refractivity contribution >= 4 is 13.8 Å². The van der Waals surface area contributed by atoms with Crippen LogP contribution in [0.5, 0.6) is 0 Å². The van der Waals surface area contributed by atoms with Gasteiger partial charge in [-0.1, -0.05) is 187 Å². The Morgan fingerprint density at radius 2 is 0.903 bits per heavy atom. The van der Waals surface area contributed by atoms with Gasteiger partial charge >= 0.3 is 13.8 Å². The minimum Gasteiger partial charge on any atom is -0.457 e. The van der Waals surface area contributed by atoms with Crippen LogP contribution in [0.1, 0.15) is 181 Å². The number of hydrogen-bond donors (Lipinski definition) is 2. The second-order valence-electron chi connectivity index (χ2n) is 15.6. The highest BCUT2D eigenvalue weighted by atomic mass is 31.2. The third-order valence-corrected chi connectivity index (χ3v) is 10.7. The molecule has 8 nitrogen and oxygen atoms in total.